The highest BCUT2D eigenvalue weighted by Gasteiger charge is 2.29. The molecule has 0 aromatic heterocycles. The van der Waals surface area contributed by atoms with Gasteiger partial charge < -0.3 is 9.64 Å². The van der Waals surface area contributed by atoms with Crippen molar-refractivity contribution in [2.45, 2.75) is 39.2 Å². The molecule has 0 bridgehead atoms. The molecule has 0 saturated heterocycles. The van der Waals surface area contributed by atoms with Crippen LogP contribution in [-0.4, -0.2) is 18.6 Å². The normalized spacial score (nSPS) is 16.3. The molecule has 0 spiro atoms. The number of anilines is 1. The van der Waals surface area contributed by atoms with E-state index in [4.69, 9.17) is 4.74 Å². The molecule has 0 N–H and O–H groups in total. The fourth-order valence-electron chi connectivity index (χ4n) is 3.11. The molecule has 2 aromatic carbocycles. The zero-order valence-corrected chi connectivity index (χ0v) is 13.8. The van der Waals surface area contributed by atoms with E-state index >= 15 is 0 Å². The molecule has 3 nitrogen and oxygen atoms in total. The van der Waals surface area contributed by atoms with Gasteiger partial charge in [0.25, 0.3) is 0 Å². The number of carbonyl (C=O) groups excluding carboxylic acids is 1. The van der Waals surface area contributed by atoms with Crippen LogP contribution in [0.2, 0.25) is 0 Å². The molecule has 1 aliphatic rings. The van der Waals surface area contributed by atoms with Crippen molar-refractivity contribution in [2.24, 2.45) is 0 Å². The summed E-state index contributed by atoms with van der Waals surface area (Å²) in [4.78, 5) is 14.5. The quantitative estimate of drug-likeness (QED) is 0.777. The van der Waals surface area contributed by atoms with Gasteiger partial charge in [-0.25, -0.2) is 0 Å². The fourth-order valence-corrected chi connectivity index (χ4v) is 3.11. The Labute approximate surface area is 137 Å². The topological polar surface area (TPSA) is 29.5 Å². The molecule has 0 fully saturated rings. The third-order valence-corrected chi connectivity index (χ3v) is 4.30. The van der Waals surface area contributed by atoms with Gasteiger partial charge in [-0.2, -0.15) is 0 Å². The molecule has 3 rings (SSSR count). The van der Waals surface area contributed by atoms with E-state index in [0.717, 1.165) is 24.3 Å². The number of hydrogen-bond acceptors (Lipinski definition) is 2. The van der Waals surface area contributed by atoms with Gasteiger partial charge in [0.05, 0.1) is 6.61 Å². The fraction of sp³-hybridized carbons (Fsp3) is 0.350. The summed E-state index contributed by atoms with van der Waals surface area (Å²) < 4.78 is 5.70. The second kappa shape index (κ2) is 6.86. The molecule has 0 saturated carbocycles. The summed E-state index contributed by atoms with van der Waals surface area (Å²) in [5.74, 6) is 1.05. The minimum absolute atomic E-state index is 0.190. The maximum Gasteiger partial charge on any atom is 0.227 e. The smallest absolute Gasteiger partial charge is 0.227 e. The van der Waals surface area contributed by atoms with Crippen molar-refractivity contribution in [1.29, 1.82) is 0 Å². The van der Waals surface area contributed by atoms with Crippen LogP contribution in [0.25, 0.3) is 0 Å². The predicted molar refractivity (Wildman–Crippen MR) is 93.0 cm³/mol. The van der Waals surface area contributed by atoms with Gasteiger partial charge in [-0.1, -0.05) is 35.9 Å². The minimum Gasteiger partial charge on any atom is -0.494 e. The summed E-state index contributed by atoms with van der Waals surface area (Å²) in [5.41, 5.74) is 3.56. The van der Waals surface area contributed by atoms with Crippen molar-refractivity contribution < 1.29 is 9.53 Å². The Balaban J connectivity index is 1.51. The van der Waals surface area contributed by atoms with E-state index in [1.807, 2.05) is 47.4 Å². The molecule has 1 heterocycles. The molecular weight excluding hydrogens is 286 g/mol. The van der Waals surface area contributed by atoms with E-state index in [0.29, 0.717) is 13.0 Å². The second-order valence-electron chi connectivity index (χ2n) is 6.21. The number of carbonyl (C=O) groups is 1. The zero-order valence-electron chi connectivity index (χ0n) is 13.8. The van der Waals surface area contributed by atoms with E-state index < -0.39 is 0 Å². The summed E-state index contributed by atoms with van der Waals surface area (Å²) in [5, 5.41) is 0. The Morgan fingerprint density at radius 2 is 1.91 bits per heavy atom. The average Bonchev–Trinajstić information content (AvgIpc) is 2.89. The zero-order chi connectivity index (χ0) is 16.2. The number of aryl methyl sites for hydroxylation is 1. The van der Waals surface area contributed by atoms with E-state index in [-0.39, 0.29) is 11.9 Å². The Kier molecular flexibility index (Phi) is 4.65. The first kappa shape index (κ1) is 15.6. The Morgan fingerprint density at radius 1 is 1.17 bits per heavy atom. The summed E-state index contributed by atoms with van der Waals surface area (Å²) in [6, 6.07) is 16.4. The maximum absolute atomic E-state index is 12.5. The number of benzene rings is 2. The Bertz CT molecular complexity index is 678. The van der Waals surface area contributed by atoms with Crippen LogP contribution in [0.4, 0.5) is 5.69 Å². The summed E-state index contributed by atoms with van der Waals surface area (Å²) in [7, 11) is 0. The van der Waals surface area contributed by atoms with E-state index in [1.54, 1.807) is 0 Å². The summed E-state index contributed by atoms with van der Waals surface area (Å²) in [6.45, 7) is 4.73. The van der Waals surface area contributed by atoms with Crippen LogP contribution in [0.3, 0.4) is 0 Å². The Morgan fingerprint density at radius 3 is 2.70 bits per heavy atom. The van der Waals surface area contributed by atoms with E-state index in [1.165, 1.54) is 11.1 Å². The number of fused-ring (bicyclic) bond motifs is 1. The van der Waals surface area contributed by atoms with Crippen molar-refractivity contribution in [3.63, 3.8) is 0 Å². The number of amides is 1. The third-order valence-electron chi connectivity index (χ3n) is 4.30. The molecule has 1 aliphatic heterocycles. The molecule has 1 amide bonds. The Hall–Kier alpha value is -2.29. The number of nitrogens with zero attached hydrogens (tertiary/aromatic N) is 1. The average molecular weight is 309 g/mol. The van der Waals surface area contributed by atoms with Crippen molar-refractivity contribution in [3.05, 3.63) is 59.7 Å². The number of hydrogen-bond donors (Lipinski definition) is 0. The van der Waals surface area contributed by atoms with Crippen molar-refractivity contribution in [3.8, 4) is 5.75 Å². The third kappa shape index (κ3) is 3.55. The highest BCUT2D eigenvalue weighted by atomic mass is 16.5. The van der Waals surface area contributed by atoms with Gasteiger partial charge in [0.1, 0.15) is 5.75 Å². The predicted octanol–water partition coefficient (Wildman–Crippen LogP) is 4.13. The van der Waals surface area contributed by atoms with Crippen LogP contribution in [0.1, 0.15) is 30.9 Å². The lowest BCUT2D eigenvalue weighted by atomic mass is 10.1. The second-order valence-corrected chi connectivity index (χ2v) is 6.21. The molecule has 120 valence electrons. The number of ether oxygens (including phenoxy) is 1. The van der Waals surface area contributed by atoms with Crippen LogP contribution in [0, 0.1) is 6.92 Å². The molecule has 1 atom stereocenters. The summed E-state index contributed by atoms with van der Waals surface area (Å²) >= 11 is 0. The summed E-state index contributed by atoms with van der Waals surface area (Å²) in [6.07, 6.45) is 2.20. The largest absolute Gasteiger partial charge is 0.494 e. The van der Waals surface area contributed by atoms with Crippen molar-refractivity contribution in [2.75, 3.05) is 11.5 Å². The molecule has 0 radical (unpaired) electrons. The van der Waals surface area contributed by atoms with Gasteiger partial charge in [0, 0.05) is 18.2 Å². The van der Waals surface area contributed by atoms with Crippen LogP contribution in [0.15, 0.2) is 48.5 Å². The van der Waals surface area contributed by atoms with Crippen LogP contribution in [0.5, 0.6) is 5.75 Å². The first-order chi connectivity index (χ1) is 11.1. The SMILES string of the molecule is Cc1ccc(OCCCC(=O)N2c3ccccc3C[C@H]2C)cc1. The highest BCUT2D eigenvalue weighted by Crippen LogP contribution is 2.32. The molecule has 0 aliphatic carbocycles. The molecule has 2 aromatic rings. The first-order valence-corrected chi connectivity index (χ1v) is 8.24. The van der Waals surface area contributed by atoms with Gasteiger partial charge in [-0.05, 0) is 50.5 Å². The standard InChI is InChI=1S/C20H23NO2/c1-15-9-11-18(12-10-15)23-13-5-8-20(22)21-16(2)14-17-6-3-4-7-19(17)21/h3-4,6-7,9-12,16H,5,8,13-14H2,1-2H3/t16-/m1/s1. The van der Waals surface area contributed by atoms with Gasteiger partial charge in [0.15, 0.2) is 0 Å². The van der Waals surface area contributed by atoms with Gasteiger partial charge in [0.2, 0.25) is 5.91 Å². The maximum atomic E-state index is 12.5. The molecular formula is C20H23NO2. The van der Waals surface area contributed by atoms with Gasteiger partial charge in [-0.15, -0.1) is 0 Å². The van der Waals surface area contributed by atoms with Crippen molar-refractivity contribution in [1.82, 2.24) is 0 Å². The number of para-hydroxylation sites is 1. The lowest BCUT2D eigenvalue weighted by Crippen LogP contribution is -2.35. The van der Waals surface area contributed by atoms with E-state index in [9.17, 15) is 4.79 Å². The number of rotatable bonds is 5. The monoisotopic (exact) mass is 309 g/mol. The van der Waals surface area contributed by atoms with Crippen molar-refractivity contribution >= 4 is 11.6 Å². The van der Waals surface area contributed by atoms with E-state index in [2.05, 4.69) is 19.9 Å². The molecule has 0 unspecified atom stereocenters. The van der Waals surface area contributed by atoms with Crippen LogP contribution >= 0.6 is 0 Å². The van der Waals surface area contributed by atoms with Gasteiger partial charge in [-0.3, -0.25) is 4.79 Å². The molecule has 23 heavy (non-hydrogen) atoms. The lowest BCUT2D eigenvalue weighted by molar-refractivity contribution is -0.119. The lowest BCUT2D eigenvalue weighted by Gasteiger charge is -2.22. The van der Waals surface area contributed by atoms with Gasteiger partial charge >= 0.3 is 0 Å². The van der Waals surface area contributed by atoms with Crippen LogP contribution in [-0.2, 0) is 11.2 Å². The first-order valence-electron chi connectivity index (χ1n) is 8.24. The van der Waals surface area contributed by atoms with Crippen LogP contribution < -0.4 is 9.64 Å². The minimum atomic E-state index is 0.190. The highest BCUT2D eigenvalue weighted by molar-refractivity contribution is 5.96. The molecule has 3 heteroatoms.